The summed E-state index contributed by atoms with van der Waals surface area (Å²) in [4.78, 5) is 38.5. The maximum atomic E-state index is 13.3. The van der Waals surface area contributed by atoms with E-state index >= 15 is 0 Å². The van der Waals surface area contributed by atoms with Crippen LogP contribution in [0.4, 0.5) is 0 Å². The van der Waals surface area contributed by atoms with Gasteiger partial charge in [-0.25, -0.2) is 0 Å². The lowest BCUT2D eigenvalue weighted by Gasteiger charge is -2.23. The van der Waals surface area contributed by atoms with Gasteiger partial charge in [-0.1, -0.05) is 23.8 Å². The van der Waals surface area contributed by atoms with E-state index in [-0.39, 0.29) is 29.9 Å². The second-order valence-electron chi connectivity index (χ2n) is 7.41. The van der Waals surface area contributed by atoms with Crippen LogP contribution in [-0.4, -0.2) is 57.6 Å². The van der Waals surface area contributed by atoms with Crippen molar-refractivity contribution in [2.24, 2.45) is 0 Å². The van der Waals surface area contributed by atoms with Gasteiger partial charge in [-0.15, -0.1) is 0 Å². The molecule has 0 bridgehead atoms. The normalized spacial score (nSPS) is 10.5. The zero-order valence-corrected chi connectivity index (χ0v) is 19.0. The van der Waals surface area contributed by atoms with E-state index in [0.29, 0.717) is 18.7 Å². The fourth-order valence-corrected chi connectivity index (χ4v) is 3.45. The summed E-state index contributed by atoms with van der Waals surface area (Å²) in [6.45, 7) is 4.63. The lowest BCUT2D eigenvalue weighted by molar-refractivity contribution is -0.136. The van der Waals surface area contributed by atoms with Crippen molar-refractivity contribution in [3.63, 3.8) is 0 Å². The van der Waals surface area contributed by atoms with Gasteiger partial charge in [-0.2, -0.15) is 9.97 Å². The molecule has 3 aromatic rings. The molecule has 0 spiro atoms. The summed E-state index contributed by atoms with van der Waals surface area (Å²) in [5.41, 5.74) is 4.39. The molecular weight excluding hydrogens is 424 g/mol. The number of aliphatic carboxylic acids is 1. The zero-order valence-electron chi connectivity index (χ0n) is 19.0. The molecule has 1 N–H and O–H groups in total. The Balaban J connectivity index is 1.96. The molecule has 9 heteroatoms. The van der Waals surface area contributed by atoms with Crippen LogP contribution in [0, 0.1) is 6.92 Å². The van der Waals surface area contributed by atoms with Crippen molar-refractivity contribution in [1.82, 2.24) is 19.9 Å². The highest BCUT2D eigenvalue weighted by molar-refractivity contribution is 5.92. The number of carbonyl (C=O) groups is 2. The number of carboxylic acids is 1. The number of methoxy groups -OCH3 is 2. The summed E-state index contributed by atoms with van der Waals surface area (Å²) in [7, 11) is 2.88. The number of aromatic nitrogens is 3. The molecule has 2 aromatic heterocycles. The van der Waals surface area contributed by atoms with Crippen LogP contribution >= 0.6 is 0 Å². The fourth-order valence-electron chi connectivity index (χ4n) is 3.45. The standard InChI is InChI=1S/C24H26N4O5/c1-5-28(23(31)20-11-21(32-3)27-24(26-20)33-4)14-18-8-15(2)6-7-19(18)17-9-16(10-22(29)30)12-25-13-17/h6-9,11-13H,5,10,14H2,1-4H3,(H,29,30). The number of rotatable bonds is 9. The van der Waals surface area contributed by atoms with Crippen molar-refractivity contribution < 1.29 is 24.2 Å². The van der Waals surface area contributed by atoms with Gasteiger partial charge in [0.25, 0.3) is 5.91 Å². The summed E-state index contributed by atoms with van der Waals surface area (Å²) >= 11 is 0. The summed E-state index contributed by atoms with van der Waals surface area (Å²) < 4.78 is 10.2. The van der Waals surface area contributed by atoms with E-state index in [1.165, 1.54) is 20.3 Å². The van der Waals surface area contributed by atoms with Gasteiger partial charge in [0.15, 0.2) is 0 Å². The first kappa shape index (κ1) is 23.6. The molecule has 0 aliphatic carbocycles. The summed E-state index contributed by atoms with van der Waals surface area (Å²) in [5.74, 6) is -0.975. The topological polar surface area (TPSA) is 115 Å². The predicted octanol–water partition coefficient (Wildman–Crippen LogP) is 3.15. The number of ether oxygens (including phenoxy) is 2. The molecule has 172 valence electrons. The third-order valence-corrected chi connectivity index (χ3v) is 5.05. The Hall–Kier alpha value is -4.01. The quantitative estimate of drug-likeness (QED) is 0.529. The number of pyridine rings is 1. The number of carbonyl (C=O) groups excluding carboxylic acids is 1. The average Bonchev–Trinajstić information content (AvgIpc) is 2.81. The Labute approximate surface area is 192 Å². The van der Waals surface area contributed by atoms with Crippen LogP contribution in [0.5, 0.6) is 11.9 Å². The van der Waals surface area contributed by atoms with Crippen LogP contribution in [0.1, 0.15) is 34.1 Å². The second-order valence-corrected chi connectivity index (χ2v) is 7.41. The number of carboxylic acid groups (broad SMARTS) is 1. The first-order chi connectivity index (χ1) is 15.8. The minimum atomic E-state index is -0.920. The molecule has 0 radical (unpaired) electrons. The van der Waals surface area contributed by atoms with E-state index in [0.717, 1.165) is 22.3 Å². The Morgan fingerprint density at radius 1 is 1.06 bits per heavy atom. The number of nitrogens with zero attached hydrogens (tertiary/aromatic N) is 4. The molecule has 0 unspecified atom stereocenters. The molecule has 0 aliphatic rings. The molecule has 33 heavy (non-hydrogen) atoms. The smallest absolute Gasteiger partial charge is 0.320 e. The van der Waals surface area contributed by atoms with Crippen LogP contribution in [0.2, 0.25) is 0 Å². The van der Waals surface area contributed by atoms with Gasteiger partial charge in [0, 0.05) is 37.1 Å². The SMILES string of the molecule is CCN(Cc1cc(C)ccc1-c1cncc(CC(=O)O)c1)C(=O)c1cc(OC)nc(OC)n1. The Morgan fingerprint density at radius 2 is 1.85 bits per heavy atom. The van der Waals surface area contributed by atoms with E-state index in [2.05, 4.69) is 15.0 Å². The molecular formula is C24H26N4O5. The number of hydrogen-bond donors (Lipinski definition) is 1. The van der Waals surface area contributed by atoms with Crippen molar-refractivity contribution >= 4 is 11.9 Å². The lowest BCUT2D eigenvalue weighted by atomic mass is 9.97. The van der Waals surface area contributed by atoms with Gasteiger partial charge in [-0.3, -0.25) is 14.6 Å². The fraction of sp³-hybridized carbons (Fsp3) is 0.292. The molecule has 9 nitrogen and oxygen atoms in total. The van der Waals surface area contributed by atoms with E-state index in [4.69, 9.17) is 14.6 Å². The van der Waals surface area contributed by atoms with Gasteiger partial charge in [-0.05, 0) is 36.6 Å². The number of benzene rings is 1. The third kappa shape index (κ3) is 5.82. The molecule has 3 rings (SSSR count). The van der Waals surface area contributed by atoms with Crippen LogP contribution < -0.4 is 9.47 Å². The van der Waals surface area contributed by atoms with E-state index in [1.54, 1.807) is 17.3 Å². The van der Waals surface area contributed by atoms with Crippen molar-refractivity contribution in [1.29, 1.82) is 0 Å². The minimum absolute atomic E-state index is 0.0475. The molecule has 0 saturated heterocycles. The summed E-state index contributed by atoms with van der Waals surface area (Å²) in [6.07, 6.45) is 3.12. The highest BCUT2D eigenvalue weighted by Gasteiger charge is 2.20. The van der Waals surface area contributed by atoms with Crippen LogP contribution in [-0.2, 0) is 17.8 Å². The lowest BCUT2D eigenvalue weighted by Crippen LogP contribution is -2.31. The predicted molar refractivity (Wildman–Crippen MR) is 121 cm³/mol. The van der Waals surface area contributed by atoms with Gasteiger partial charge in [0.2, 0.25) is 5.88 Å². The molecule has 1 aromatic carbocycles. The molecule has 0 fully saturated rings. The Kier molecular flexibility index (Phi) is 7.55. The highest BCUT2D eigenvalue weighted by Crippen LogP contribution is 2.27. The number of hydrogen-bond acceptors (Lipinski definition) is 7. The molecule has 0 saturated carbocycles. The Bertz CT molecular complexity index is 1140. The second kappa shape index (κ2) is 10.5. The van der Waals surface area contributed by atoms with Crippen molar-refractivity contribution in [3.8, 4) is 23.0 Å². The van der Waals surface area contributed by atoms with Gasteiger partial charge in [0.05, 0.1) is 20.6 Å². The van der Waals surface area contributed by atoms with E-state index < -0.39 is 5.97 Å². The zero-order chi connectivity index (χ0) is 24.0. The molecule has 0 aliphatic heterocycles. The molecule has 0 atom stereocenters. The summed E-state index contributed by atoms with van der Waals surface area (Å²) in [5, 5.41) is 9.11. The minimum Gasteiger partial charge on any atom is -0.481 e. The van der Waals surface area contributed by atoms with Crippen molar-refractivity contribution in [3.05, 3.63) is 65.1 Å². The number of aryl methyl sites for hydroxylation is 1. The molecule has 2 heterocycles. The number of amides is 1. The summed E-state index contributed by atoms with van der Waals surface area (Å²) in [6, 6.07) is 9.28. The van der Waals surface area contributed by atoms with Gasteiger partial charge >= 0.3 is 12.0 Å². The van der Waals surface area contributed by atoms with Crippen LogP contribution in [0.15, 0.2) is 42.7 Å². The van der Waals surface area contributed by atoms with Crippen LogP contribution in [0.3, 0.4) is 0 Å². The maximum absolute atomic E-state index is 13.3. The first-order valence-corrected chi connectivity index (χ1v) is 10.4. The largest absolute Gasteiger partial charge is 0.481 e. The van der Waals surface area contributed by atoms with Crippen LogP contribution in [0.25, 0.3) is 11.1 Å². The Morgan fingerprint density at radius 3 is 2.52 bits per heavy atom. The van der Waals surface area contributed by atoms with Crippen molar-refractivity contribution in [2.45, 2.75) is 26.8 Å². The monoisotopic (exact) mass is 450 g/mol. The van der Waals surface area contributed by atoms with E-state index in [9.17, 15) is 9.59 Å². The maximum Gasteiger partial charge on any atom is 0.320 e. The van der Waals surface area contributed by atoms with Crippen molar-refractivity contribution in [2.75, 3.05) is 20.8 Å². The first-order valence-electron chi connectivity index (χ1n) is 10.4. The van der Waals surface area contributed by atoms with Gasteiger partial charge < -0.3 is 19.5 Å². The van der Waals surface area contributed by atoms with E-state index in [1.807, 2.05) is 38.1 Å². The third-order valence-electron chi connectivity index (χ3n) is 5.05. The molecule has 1 amide bonds. The average molecular weight is 450 g/mol. The highest BCUT2D eigenvalue weighted by atomic mass is 16.5. The van der Waals surface area contributed by atoms with Gasteiger partial charge in [0.1, 0.15) is 5.69 Å².